The fourth-order valence-corrected chi connectivity index (χ4v) is 4.03. The van der Waals surface area contributed by atoms with Crippen LogP contribution in [0.2, 0.25) is 0 Å². The molecule has 0 unspecified atom stereocenters. The van der Waals surface area contributed by atoms with Crippen molar-refractivity contribution in [2.75, 3.05) is 5.32 Å². The number of fused-ring (bicyclic) bond motifs is 1. The lowest BCUT2D eigenvalue weighted by Crippen LogP contribution is -2.48. The van der Waals surface area contributed by atoms with Crippen molar-refractivity contribution in [3.05, 3.63) is 60.5 Å². The maximum atomic E-state index is 13.9. The summed E-state index contributed by atoms with van der Waals surface area (Å²) in [5.74, 6) is -0.722. The molecule has 0 bridgehead atoms. The van der Waals surface area contributed by atoms with Crippen LogP contribution in [0.25, 0.3) is 10.9 Å². The highest BCUT2D eigenvalue weighted by molar-refractivity contribution is 7.90. The van der Waals surface area contributed by atoms with Crippen LogP contribution >= 0.6 is 0 Å². The third kappa shape index (κ3) is 5.25. The first-order valence-corrected chi connectivity index (χ1v) is 11.4. The lowest BCUT2D eigenvalue weighted by atomic mass is 10.1. The van der Waals surface area contributed by atoms with Gasteiger partial charge in [-0.15, -0.1) is 0 Å². The number of hydrogen-bond donors (Lipinski definition) is 3. The number of aromatic nitrogens is 1. The zero-order valence-corrected chi connectivity index (χ0v) is 19.0. The summed E-state index contributed by atoms with van der Waals surface area (Å²) < 4.78 is 42.3. The van der Waals surface area contributed by atoms with Crippen molar-refractivity contribution in [1.82, 2.24) is 14.6 Å². The Kier molecular flexibility index (Phi) is 6.27. The van der Waals surface area contributed by atoms with Crippen molar-refractivity contribution in [3.8, 4) is 0 Å². The first-order valence-electron chi connectivity index (χ1n) is 9.88. The van der Waals surface area contributed by atoms with Gasteiger partial charge in [0.1, 0.15) is 11.9 Å². The van der Waals surface area contributed by atoms with Crippen molar-refractivity contribution >= 4 is 38.6 Å². The monoisotopic (exact) mass is 460 g/mol. The number of nitrogens with zero attached hydrogens (tertiary/aromatic N) is 1. The molecule has 1 atom stereocenters. The van der Waals surface area contributed by atoms with Gasteiger partial charge in [0.2, 0.25) is 5.91 Å². The lowest BCUT2D eigenvalue weighted by molar-refractivity contribution is -0.118. The molecule has 10 heteroatoms. The molecule has 3 N–H and O–H groups in total. The Morgan fingerprint density at radius 2 is 1.69 bits per heavy atom. The van der Waals surface area contributed by atoms with Crippen LogP contribution in [-0.2, 0) is 14.8 Å². The predicted molar refractivity (Wildman–Crippen MR) is 120 cm³/mol. The number of carbonyl (C=O) groups excluding carboxylic acids is 2. The third-order valence-corrected chi connectivity index (χ3v) is 6.00. The van der Waals surface area contributed by atoms with Crippen molar-refractivity contribution in [1.29, 1.82) is 0 Å². The molecule has 32 heavy (non-hydrogen) atoms. The van der Waals surface area contributed by atoms with E-state index in [-0.39, 0.29) is 16.6 Å². The molecule has 0 saturated carbocycles. The van der Waals surface area contributed by atoms with E-state index < -0.39 is 27.6 Å². The highest BCUT2D eigenvalue weighted by Crippen LogP contribution is 2.23. The number of sulfonamides is 1. The molecule has 3 aromatic rings. The molecule has 1 heterocycles. The molecule has 0 spiro atoms. The quantitative estimate of drug-likeness (QED) is 0.538. The Bertz CT molecular complexity index is 1260. The standard InChI is InChI=1S/C22H25FN4O4S/c1-14(27-13-12-17-18(23)6-5-7-19(17)27)20(28)24-15-8-10-16(11-9-15)32(30,31)26-21(29)25-22(2,3)4/h5-14H,1-4H3,(H,24,28)(H2,25,26,29)/t14-/m1/s1. The van der Waals surface area contributed by atoms with E-state index in [1.165, 1.54) is 30.3 Å². The van der Waals surface area contributed by atoms with Gasteiger partial charge in [-0.1, -0.05) is 6.07 Å². The van der Waals surface area contributed by atoms with Crippen LogP contribution in [0.5, 0.6) is 0 Å². The van der Waals surface area contributed by atoms with Gasteiger partial charge in [-0.2, -0.15) is 0 Å². The SMILES string of the molecule is C[C@H](C(=O)Nc1ccc(S(=O)(=O)NC(=O)NC(C)(C)C)cc1)n1ccc2c(F)cccc21. The van der Waals surface area contributed by atoms with E-state index in [0.29, 0.717) is 16.6 Å². The molecule has 0 aliphatic rings. The van der Waals surface area contributed by atoms with Gasteiger partial charge < -0.3 is 15.2 Å². The second-order valence-electron chi connectivity index (χ2n) is 8.39. The number of carbonyl (C=O) groups is 2. The smallest absolute Gasteiger partial charge is 0.329 e. The van der Waals surface area contributed by atoms with Crippen LogP contribution in [0, 0.1) is 5.82 Å². The lowest BCUT2D eigenvalue weighted by Gasteiger charge is -2.20. The molecule has 0 aliphatic heterocycles. The van der Waals surface area contributed by atoms with Gasteiger partial charge in [0.25, 0.3) is 10.0 Å². The molecule has 170 valence electrons. The zero-order chi connectivity index (χ0) is 23.7. The summed E-state index contributed by atoms with van der Waals surface area (Å²) in [7, 11) is -4.07. The normalized spacial score (nSPS) is 12.9. The molecule has 2 aromatic carbocycles. The number of urea groups is 1. The minimum atomic E-state index is -4.07. The van der Waals surface area contributed by atoms with E-state index >= 15 is 0 Å². The maximum absolute atomic E-state index is 13.9. The molecule has 0 saturated heterocycles. The Morgan fingerprint density at radius 1 is 1.03 bits per heavy atom. The first kappa shape index (κ1) is 23.3. The summed E-state index contributed by atoms with van der Waals surface area (Å²) in [5.41, 5.74) is 0.373. The van der Waals surface area contributed by atoms with Crippen molar-refractivity contribution in [2.24, 2.45) is 0 Å². The second kappa shape index (κ2) is 8.62. The number of hydrogen-bond acceptors (Lipinski definition) is 4. The summed E-state index contributed by atoms with van der Waals surface area (Å²) in [6.45, 7) is 6.86. The molecule has 0 fully saturated rings. The summed E-state index contributed by atoms with van der Waals surface area (Å²) in [6.07, 6.45) is 1.64. The van der Waals surface area contributed by atoms with Gasteiger partial charge in [0, 0.05) is 22.8 Å². The molecule has 1 aromatic heterocycles. The van der Waals surface area contributed by atoms with Crippen LogP contribution in [0.3, 0.4) is 0 Å². The number of benzene rings is 2. The minimum absolute atomic E-state index is 0.125. The Morgan fingerprint density at radius 3 is 2.31 bits per heavy atom. The van der Waals surface area contributed by atoms with Crippen LogP contribution in [-0.4, -0.2) is 30.5 Å². The minimum Gasteiger partial charge on any atom is -0.335 e. The first-order chi connectivity index (χ1) is 14.9. The van der Waals surface area contributed by atoms with E-state index in [1.807, 2.05) is 4.72 Å². The van der Waals surface area contributed by atoms with E-state index in [4.69, 9.17) is 0 Å². The van der Waals surface area contributed by atoms with Crippen LogP contribution < -0.4 is 15.4 Å². The molecule has 3 rings (SSSR count). The molecule has 0 radical (unpaired) electrons. The highest BCUT2D eigenvalue weighted by atomic mass is 32.2. The Balaban J connectivity index is 1.70. The number of amides is 3. The van der Waals surface area contributed by atoms with E-state index in [0.717, 1.165) is 0 Å². The van der Waals surface area contributed by atoms with Crippen LogP contribution in [0.1, 0.15) is 33.7 Å². The van der Waals surface area contributed by atoms with Gasteiger partial charge in [0.15, 0.2) is 0 Å². The fraction of sp³-hybridized carbons (Fsp3) is 0.273. The summed E-state index contributed by atoms with van der Waals surface area (Å²) in [4.78, 5) is 24.4. The van der Waals surface area contributed by atoms with E-state index in [1.54, 1.807) is 56.7 Å². The average molecular weight is 461 g/mol. The van der Waals surface area contributed by atoms with Gasteiger partial charge >= 0.3 is 6.03 Å². The second-order valence-corrected chi connectivity index (χ2v) is 10.1. The number of rotatable bonds is 5. The van der Waals surface area contributed by atoms with Gasteiger partial charge in [-0.3, -0.25) is 4.79 Å². The van der Waals surface area contributed by atoms with Crippen molar-refractivity contribution in [2.45, 2.75) is 44.2 Å². The van der Waals surface area contributed by atoms with Crippen LogP contribution in [0.15, 0.2) is 59.6 Å². The molecule has 0 aliphatic carbocycles. The number of nitrogens with one attached hydrogen (secondary N) is 3. The zero-order valence-electron chi connectivity index (χ0n) is 18.1. The summed E-state index contributed by atoms with van der Waals surface area (Å²) in [5, 5.41) is 5.65. The van der Waals surface area contributed by atoms with Crippen molar-refractivity contribution in [3.63, 3.8) is 0 Å². The predicted octanol–water partition coefficient (Wildman–Crippen LogP) is 3.77. The summed E-state index contributed by atoms with van der Waals surface area (Å²) >= 11 is 0. The largest absolute Gasteiger partial charge is 0.335 e. The Labute approximate surface area is 185 Å². The maximum Gasteiger partial charge on any atom is 0.329 e. The number of anilines is 1. The molecular weight excluding hydrogens is 435 g/mol. The average Bonchev–Trinajstić information content (AvgIpc) is 3.11. The molecular formula is C22H25FN4O4S. The topological polar surface area (TPSA) is 109 Å². The van der Waals surface area contributed by atoms with Gasteiger partial charge in [-0.25, -0.2) is 22.3 Å². The fourth-order valence-electron chi connectivity index (χ4n) is 3.13. The number of halogens is 1. The molecule has 3 amide bonds. The van der Waals surface area contributed by atoms with Gasteiger partial charge in [-0.05, 0) is 70.2 Å². The highest BCUT2D eigenvalue weighted by Gasteiger charge is 2.22. The van der Waals surface area contributed by atoms with Gasteiger partial charge in [0.05, 0.1) is 10.4 Å². The Hall–Kier alpha value is -3.40. The van der Waals surface area contributed by atoms with E-state index in [2.05, 4.69) is 10.6 Å². The van der Waals surface area contributed by atoms with Crippen molar-refractivity contribution < 1.29 is 22.4 Å². The summed E-state index contributed by atoms with van der Waals surface area (Å²) in [6, 6.07) is 10.2. The van der Waals surface area contributed by atoms with E-state index in [9.17, 15) is 22.4 Å². The molecule has 8 nitrogen and oxygen atoms in total. The van der Waals surface area contributed by atoms with Crippen LogP contribution in [0.4, 0.5) is 14.9 Å². The third-order valence-electron chi connectivity index (χ3n) is 4.65.